The second-order valence-electron chi connectivity index (χ2n) is 6.01. The van der Waals surface area contributed by atoms with Gasteiger partial charge in [-0.25, -0.2) is 0 Å². The number of likely N-dealkylation sites (tertiary alicyclic amines) is 1. The molecule has 0 spiro atoms. The van der Waals surface area contributed by atoms with Crippen LogP contribution in [0.15, 0.2) is 0 Å². The van der Waals surface area contributed by atoms with Gasteiger partial charge in [0.15, 0.2) is 0 Å². The Morgan fingerprint density at radius 1 is 1.27 bits per heavy atom. The van der Waals surface area contributed by atoms with Gasteiger partial charge >= 0.3 is 0 Å². The van der Waals surface area contributed by atoms with Crippen LogP contribution in [0.1, 0.15) is 40.5 Å². The molecular weight excluding hydrogens is 186 g/mol. The zero-order valence-electron chi connectivity index (χ0n) is 10.6. The fraction of sp³-hybridized carbons (Fsp3) is 1.00. The molecule has 2 heterocycles. The van der Waals surface area contributed by atoms with Crippen molar-refractivity contribution < 1.29 is 4.74 Å². The smallest absolute Gasteiger partial charge is 0.0625 e. The first kappa shape index (κ1) is 11.4. The molecule has 0 aromatic rings. The zero-order chi connectivity index (χ0) is 11.1. The molecule has 0 amide bonds. The molecule has 15 heavy (non-hydrogen) atoms. The largest absolute Gasteiger partial charge is 0.379 e. The van der Waals surface area contributed by atoms with E-state index in [2.05, 4.69) is 32.6 Å². The average Bonchev–Trinajstić information content (AvgIpc) is 2.64. The van der Waals surface area contributed by atoms with Crippen LogP contribution in [0.5, 0.6) is 0 Å². The molecule has 0 aromatic carbocycles. The molecule has 0 radical (unpaired) electrons. The predicted molar refractivity (Wildman–Crippen MR) is 63.0 cm³/mol. The summed E-state index contributed by atoms with van der Waals surface area (Å²) in [6.07, 6.45) is 2.72. The van der Waals surface area contributed by atoms with Crippen LogP contribution < -0.4 is 0 Å². The number of fused-ring (bicyclic) bond motifs is 1. The highest BCUT2D eigenvalue weighted by Crippen LogP contribution is 2.36. The summed E-state index contributed by atoms with van der Waals surface area (Å²) < 4.78 is 5.65. The maximum atomic E-state index is 5.65. The molecule has 0 saturated carbocycles. The average molecular weight is 211 g/mol. The van der Waals surface area contributed by atoms with Gasteiger partial charge in [-0.15, -0.1) is 0 Å². The molecule has 2 fully saturated rings. The molecule has 2 rings (SSSR count). The first-order chi connectivity index (χ1) is 7.03. The molecule has 0 aliphatic carbocycles. The van der Waals surface area contributed by atoms with Crippen LogP contribution in [0.2, 0.25) is 0 Å². The van der Waals surface area contributed by atoms with Crippen molar-refractivity contribution in [3.8, 4) is 0 Å². The van der Waals surface area contributed by atoms with Crippen molar-refractivity contribution in [2.24, 2.45) is 11.8 Å². The minimum Gasteiger partial charge on any atom is -0.379 e. The van der Waals surface area contributed by atoms with Gasteiger partial charge in [-0.05, 0) is 39.2 Å². The number of hydrogen-bond donors (Lipinski definition) is 0. The second kappa shape index (κ2) is 4.06. The van der Waals surface area contributed by atoms with Crippen LogP contribution in [-0.2, 0) is 4.74 Å². The number of nitrogens with zero attached hydrogens (tertiary/aromatic N) is 1. The Hall–Kier alpha value is -0.0800. The Morgan fingerprint density at radius 3 is 2.67 bits per heavy atom. The summed E-state index contributed by atoms with van der Waals surface area (Å²) in [6, 6.07) is 0.691. The van der Waals surface area contributed by atoms with Crippen molar-refractivity contribution in [1.29, 1.82) is 0 Å². The number of ether oxygens (including phenoxy) is 1. The van der Waals surface area contributed by atoms with Gasteiger partial charge in [0.25, 0.3) is 0 Å². The zero-order valence-corrected chi connectivity index (χ0v) is 10.6. The molecule has 2 saturated heterocycles. The van der Waals surface area contributed by atoms with E-state index in [0.717, 1.165) is 19.1 Å². The van der Waals surface area contributed by atoms with Crippen LogP contribution in [0.25, 0.3) is 0 Å². The quantitative estimate of drug-likeness (QED) is 0.696. The van der Waals surface area contributed by atoms with Gasteiger partial charge in [-0.2, -0.15) is 0 Å². The van der Waals surface area contributed by atoms with Crippen LogP contribution in [0, 0.1) is 11.8 Å². The summed E-state index contributed by atoms with van der Waals surface area (Å²) in [5, 5.41) is 0. The summed E-state index contributed by atoms with van der Waals surface area (Å²) in [5.74, 6) is 1.51. The van der Waals surface area contributed by atoms with E-state index in [4.69, 9.17) is 4.74 Å². The summed E-state index contributed by atoms with van der Waals surface area (Å²) in [7, 11) is 0. The Labute approximate surface area is 94.0 Å². The Morgan fingerprint density at radius 2 is 2.00 bits per heavy atom. The molecule has 2 heteroatoms. The lowest BCUT2D eigenvalue weighted by atomic mass is 9.82. The lowest BCUT2D eigenvalue weighted by Crippen LogP contribution is -2.57. The van der Waals surface area contributed by atoms with Crippen molar-refractivity contribution in [2.75, 3.05) is 19.8 Å². The molecule has 0 bridgehead atoms. The standard InChI is InChI=1S/C13H25NO/c1-10(2)13(3,4)14-7-5-6-11-8-15-9-12(11)14/h10-12H,5-9H2,1-4H3. The second-order valence-corrected chi connectivity index (χ2v) is 6.01. The summed E-state index contributed by atoms with van der Waals surface area (Å²) in [5.41, 5.74) is 0.317. The van der Waals surface area contributed by atoms with Crippen LogP contribution >= 0.6 is 0 Å². The molecule has 88 valence electrons. The fourth-order valence-corrected chi connectivity index (χ4v) is 2.94. The molecule has 2 atom stereocenters. The van der Waals surface area contributed by atoms with Crippen molar-refractivity contribution in [2.45, 2.75) is 52.1 Å². The third-order valence-corrected chi connectivity index (χ3v) is 4.69. The maximum Gasteiger partial charge on any atom is 0.0625 e. The van der Waals surface area contributed by atoms with Crippen molar-refractivity contribution in [1.82, 2.24) is 4.90 Å². The topological polar surface area (TPSA) is 12.5 Å². The Balaban J connectivity index is 2.13. The lowest BCUT2D eigenvalue weighted by Gasteiger charge is -2.49. The third kappa shape index (κ3) is 1.94. The molecule has 0 N–H and O–H groups in total. The van der Waals surface area contributed by atoms with Gasteiger partial charge in [0.05, 0.1) is 13.2 Å². The van der Waals surface area contributed by atoms with Gasteiger partial charge in [-0.1, -0.05) is 13.8 Å². The molecule has 2 aliphatic rings. The summed E-state index contributed by atoms with van der Waals surface area (Å²) >= 11 is 0. The first-order valence-electron chi connectivity index (χ1n) is 6.38. The maximum absolute atomic E-state index is 5.65. The summed E-state index contributed by atoms with van der Waals surface area (Å²) in [6.45, 7) is 12.7. The highest BCUT2D eigenvalue weighted by molar-refractivity contribution is 4.96. The van der Waals surface area contributed by atoms with Crippen LogP contribution in [0.3, 0.4) is 0 Å². The van der Waals surface area contributed by atoms with E-state index in [9.17, 15) is 0 Å². The molecule has 2 nitrogen and oxygen atoms in total. The van der Waals surface area contributed by atoms with E-state index in [1.165, 1.54) is 19.4 Å². The van der Waals surface area contributed by atoms with Crippen molar-refractivity contribution >= 4 is 0 Å². The van der Waals surface area contributed by atoms with E-state index in [1.807, 2.05) is 0 Å². The van der Waals surface area contributed by atoms with E-state index >= 15 is 0 Å². The van der Waals surface area contributed by atoms with Crippen LogP contribution in [0.4, 0.5) is 0 Å². The Bertz CT molecular complexity index is 225. The highest BCUT2D eigenvalue weighted by Gasteiger charge is 2.43. The van der Waals surface area contributed by atoms with E-state index < -0.39 is 0 Å². The lowest BCUT2D eigenvalue weighted by molar-refractivity contribution is -0.00361. The predicted octanol–water partition coefficient (Wildman–Crippen LogP) is 2.53. The molecular formula is C13H25NO. The van der Waals surface area contributed by atoms with Crippen molar-refractivity contribution in [3.05, 3.63) is 0 Å². The Kier molecular flexibility index (Phi) is 3.09. The first-order valence-corrected chi connectivity index (χ1v) is 6.38. The molecule has 0 aromatic heterocycles. The SMILES string of the molecule is CC(C)C(C)(C)N1CCCC2COCC21. The van der Waals surface area contributed by atoms with E-state index in [0.29, 0.717) is 17.5 Å². The van der Waals surface area contributed by atoms with Gasteiger partial charge in [0.1, 0.15) is 0 Å². The molecule has 2 unspecified atom stereocenters. The third-order valence-electron chi connectivity index (χ3n) is 4.69. The summed E-state index contributed by atoms with van der Waals surface area (Å²) in [4.78, 5) is 2.71. The highest BCUT2D eigenvalue weighted by atomic mass is 16.5. The van der Waals surface area contributed by atoms with Gasteiger partial charge in [0, 0.05) is 17.5 Å². The normalized spacial score (nSPS) is 33.4. The van der Waals surface area contributed by atoms with Gasteiger partial charge < -0.3 is 4.74 Å². The van der Waals surface area contributed by atoms with E-state index in [1.54, 1.807) is 0 Å². The minimum atomic E-state index is 0.317. The number of rotatable bonds is 2. The minimum absolute atomic E-state index is 0.317. The number of piperidine rings is 1. The van der Waals surface area contributed by atoms with Crippen molar-refractivity contribution in [3.63, 3.8) is 0 Å². The van der Waals surface area contributed by atoms with Gasteiger partial charge in [-0.3, -0.25) is 4.90 Å². The van der Waals surface area contributed by atoms with E-state index in [-0.39, 0.29) is 0 Å². The molecule has 2 aliphatic heterocycles. The van der Waals surface area contributed by atoms with Crippen LogP contribution in [-0.4, -0.2) is 36.2 Å². The fourth-order valence-electron chi connectivity index (χ4n) is 2.94. The monoisotopic (exact) mass is 211 g/mol. The number of hydrogen-bond acceptors (Lipinski definition) is 2. The van der Waals surface area contributed by atoms with Gasteiger partial charge in [0.2, 0.25) is 0 Å².